The molecule has 0 saturated carbocycles. The first kappa shape index (κ1) is 25.3. The Morgan fingerprint density at radius 1 is 1.08 bits per heavy atom. The molecule has 0 spiro atoms. The summed E-state index contributed by atoms with van der Waals surface area (Å²) in [6, 6.07) is 19.7. The van der Waals surface area contributed by atoms with Crippen LogP contribution in [-0.2, 0) is 0 Å². The molecule has 1 aliphatic rings. The Balaban J connectivity index is 1.50. The maximum Gasteiger partial charge on any atom is 0.254 e. The lowest BCUT2D eigenvalue weighted by Crippen LogP contribution is -2.41. The van der Waals surface area contributed by atoms with E-state index in [9.17, 15) is 9.18 Å². The van der Waals surface area contributed by atoms with Gasteiger partial charge in [-0.25, -0.2) is 4.39 Å². The zero-order valence-corrected chi connectivity index (χ0v) is 21.1. The minimum atomic E-state index is -0.349. The van der Waals surface area contributed by atoms with Gasteiger partial charge in [0.15, 0.2) is 0 Å². The molecule has 0 bridgehead atoms. The molecule has 0 radical (unpaired) electrons. The highest BCUT2D eigenvalue weighted by atomic mass is 19.1. The van der Waals surface area contributed by atoms with Crippen molar-refractivity contribution in [2.45, 2.75) is 33.6 Å². The number of aliphatic imine (C=N–C) groups is 1. The molecular formula is C30H33FN4O. The number of hydrogen-bond donors (Lipinski definition) is 2. The smallest absolute Gasteiger partial charge is 0.254 e. The van der Waals surface area contributed by atoms with Gasteiger partial charge in [-0.05, 0) is 67.6 Å². The van der Waals surface area contributed by atoms with E-state index in [1.54, 1.807) is 30.3 Å². The summed E-state index contributed by atoms with van der Waals surface area (Å²) in [6.45, 7) is 7.73. The summed E-state index contributed by atoms with van der Waals surface area (Å²) < 4.78 is 13.6. The second-order valence-corrected chi connectivity index (χ2v) is 9.59. The predicted octanol–water partition coefficient (Wildman–Crippen LogP) is 7.16. The van der Waals surface area contributed by atoms with Crippen LogP contribution in [-0.4, -0.2) is 35.8 Å². The number of amides is 1. The van der Waals surface area contributed by atoms with Gasteiger partial charge in [0.25, 0.3) is 5.91 Å². The number of benzene rings is 3. The molecule has 36 heavy (non-hydrogen) atoms. The number of likely N-dealkylation sites (tertiary alicyclic amines) is 1. The minimum Gasteiger partial charge on any atom is -0.355 e. The first-order valence-corrected chi connectivity index (χ1v) is 12.5. The average Bonchev–Trinajstić information content (AvgIpc) is 2.87. The Labute approximate surface area is 212 Å². The molecule has 1 fully saturated rings. The van der Waals surface area contributed by atoms with Crippen LogP contribution < -0.4 is 5.32 Å². The number of rotatable bonds is 7. The molecular weight excluding hydrogens is 451 g/mol. The largest absolute Gasteiger partial charge is 0.355 e. The van der Waals surface area contributed by atoms with Crippen LogP contribution in [0.15, 0.2) is 71.7 Å². The second-order valence-electron chi connectivity index (χ2n) is 9.59. The number of para-hydroxylation sites is 1. The standard InChI is InChI=1S/C30H33FN4O/c1-20(2)29(34-27-12-5-4-8-21(27)3)22-14-16-35(17-15-22)30(36)25-11-7-13-28(26(25)19-32)33-24-10-6-9-23(31)18-24/h4-13,18-20,22,32-33H,14-17H2,1-3H3. The molecule has 0 atom stereocenters. The Hall–Kier alpha value is -3.80. The normalized spacial score (nSPS) is 14.7. The van der Waals surface area contributed by atoms with Gasteiger partial charge in [0.05, 0.1) is 11.3 Å². The number of halogens is 1. The summed E-state index contributed by atoms with van der Waals surface area (Å²) in [6.07, 6.45) is 2.90. The number of nitrogens with one attached hydrogen (secondary N) is 2. The van der Waals surface area contributed by atoms with Crippen LogP contribution in [0.2, 0.25) is 0 Å². The third-order valence-corrected chi connectivity index (χ3v) is 6.74. The number of carbonyl (C=O) groups is 1. The van der Waals surface area contributed by atoms with Crippen molar-refractivity contribution in [3.8, 4) is 0 Å². The van der Waals surface area contributed by atoms with Crippen molar-refractivity contribution in [1.82, 2.24) is 4.90 Å². The predicted molar refractivity (Wildman–Crippen MR) is 146 cm³/mol. The SMILES string of the molecule is Cc1ccccc1N=C(C(C)C)C1CCN(C(=O)c2cccc(Nc3cccc(F)c3)c2C=N)CC1. The van der Waals surface area contributed by atoms with Crippen molar-refractivity contribution < 1.29 is 9.18 Å². The molecule has 3 aromatic rings. The van der Waals surface area contributed by atoms with Gasteiger partial charge >= 0.3 is 0 Å². The molecule has 2 N–H and O–H groups in total. The van der Waals surface area contributed by atoms with Crippen LogP contribution in [0.25, 0.3) is 0 Å². The van der Waals surface area contributed by atoms with E-state index in [2.05, 4.69) is 38.2 Å². The van der Waals surface area contributed by atoms with Crippen molar-refractivity contribution in [1.29, 1.82) is 5.41 Å². The molecule has 3 aromatic carbocycles. The molecule has 5 nitrogen and oxygen atoms in total. The summed E-state index contributed by atoms with van der Waals surface area (Å²) in [5, 5.41) is 11.1. The number of aryl methyl sites for hydroxylation is 1. The summed E-state index contributed by atoms with van der Waals surface area (Å²) in [5.41, 5.74) is 5.51. The van der Waals surface area contributed by atoms with Gasteiger partial charge in [0.1, 0.15) is 5.82 Å². The van der Waals surface area contributed by atoms with Crippen molar-refractivity contribution >= 4 is 34.9 Å². The molecule has 0 aromatic heterocycles. The van der Waals surface area contributed by atoms with Crippen LogP contribution in [0, 0.1) is 30.0 Å². The molecule has 6 heteroatoms. The van der Waals surface area contributed by atoms with Crippen molar-refractivity contribution in [2.24, 2.45) is 16.8 Å². The molecule has 186 valence electrons. The van der Waals surface area contributed by atoms with Gasteiger partial charge < -0.3 is 15.6 Å². The maximum atomic E-state index is 13.6. The van der Waals surface area contributed by atoms with Crippen molar-refractivity contribution in [2.75, 3.05) is 18.4 Å². The zero-order chi connectivity index (χ0) is 25.7. The third kappa shape index (κ3) is 5.70. The fraction of sp³-hybridized carbons (Fsp3) is 0.300. The second kappa shape index (κ2) is 11.3. The Morgan fingerprint density at radius 2 is 1.81 bits per heavy atom. The van der Waals surface area contributed by atoms with E-state index in [-0.39, 0.29) is 11.7 Å². The molecule has 1 heterocycles. The summed E-state index contributed by atoms with van der Waals surface area (Å²) >= 11 is 0. The molecule has 4 rings (SSSR count). The van der Waals surface area contributed by atoms with Crippen LogP contribution >= 0.6 is 0 Å². The highest BCUT2D eigenvalue weighted by Gasteiger charge is 2.29. The lowest BCUT2D eigenvalue weighted by Gasteiger charge is -2.34. The first-order chi connectivity index (χ1) is 17.4. The van der Waals surface area contributed by atoms with Gasteiger partial charge in [-0.3, -0.25) is 9.79 Å². The van der Waals surface area contributed by atoms with E-state index in [1.807, 2.05) is 17.0 Å². The number of hydrogen-bond acceptors (Lipinski definition) is 4. The van der Waals surface area contributed by atoms with Crippen molar-refractivity contribution in [3.05, 3.63) is 89.2 Å². The van der Waals surface area contributed by atoms with Crippen LogP contribution in [0.5, 0.6) is 0 Å². The van der Waals surface area contributed by atoms with Gasteiger partial charge in [-0.2, -0.15) is 0 Å². The fourth-order valence-corrected chi connectivity index (χ4v) is 4.81. The number of anilines is 2. The molecule has 1 amide bonds. The summed E-state index contributed by atoms with van der Waals surface area (Å²) in [4.78, 5) is 20.4. The van der Waals surface area contributed by atoms with E-state index in [4.69, 9.17) is 10.4 Å². The minimum absolute atomic E-state index is 0.0863. The first-order valence-electron chi connectivity index (χ1n) is 12.5. The Bertz CT molecular complexity index is 1280. The number of nitrogens with zero attached hydrogens (tertiary/aromatic N) is 2. The molecule has 0 unspecified atom stereocenters. The quantitative estimate of drug-likeness (QED) is 0.350. The third-order valence-electron chi connectivity index (χ3n) is 6.74. The monoisotopic (exact) mass is 484 g/mol. The van der Waals surface area contributed by atoms with Crippen LogP contribution in [0.3, 0.4) is 0 Å². The van der Waals surface area contributed by atoms with Crippen LogP contribution in [0.1, 0.15) is 48.2 Å². The molecule has 1 saturated heterocycles. The maximum absolute atomic E-state index is 13.6. The topological polar surface area (TPSA) is 68.6 Å². The van der Waals surface area contributed by atoms with Gasteiger partial charge in [0.2, 0.25) is 0 Å². The zero-order valence-electron chi connectivity index (χ0n) is 21.1. The van der Waals surface area contributed by atoms with Crippen LogP contribution in [0.4, 0.5) is 21.5 Å². The molecule has 1 aliphatic heterocycles. The number of piperidine rings is 1. The van der Waals surface area contributed by atoms with Crippen molar-refractivity contribution in [3.63, 3.8) is 0 Å². The van der Waals surface area contributed by atoms with E-state index >= 15 is 0 Å². The lowest BCUT2D eigenvalue weighted by atomic mass is 9.86. The Kier molecular flexibility index (Phi) is 7.93. The lowest BCUT2D eigenvalue weighted by molar-refractivity contribution is 0.0709. The van der Waals surface area contributed by atoms with Gasteiger partial charge in [0, 0.05) is 47.9 Å². The number of carbonyl (C=O) groups excluding carboxylic acids is 1. The van der Waals surface area contributed by atoms with E-state index in [1.165, 1.54) is 24.1 Å². The van der Waals surface area contributed by atoms with E-state index in [0.29, 0.717) is 47.4 Å². The highest BCUT2D eigenvalue weighted by molar-refractivity contribution is 6.05. The van der Waals surface area contributed by atoms with E-state index in [0.717, 1.165) is 24.1 Å². The molecule has 0 aliphatic carbocycles. The highest BCUT2D eigenvalue weighted by Crippen LogP contribution is 2.29. The summed E-state index contributed by atoms with van der Waals surface area (Å²) in [5.74, 6) is 0.221. The average molecular weight is 485 g/mol. The van der Waals surface area contributed by atoms with Gasteiger partial charge in [-0.1, -0.05) is 44.2 Å². The summed E-state index contributed by atoms with van der Waals surface area (Å²) in [7, 11) is 0. The fourth-order valence-electron chi connectivity index (χ4n) is 4.81. The van der Waals surface area contributed by atoms with Gasteiger partial charge in [-0.15, -0.1) is 0 Å². The van der Waals surface area contributed by atoms with E-state index < -0.39 is 0 Å². The Morgan fingerprint density at radius 3 is 2.47 bits per heavy atom.